The van der Waals surface area contributed by atoms with Crippen molar-refractivity contribution in [2.45, 2.75) is 157 Å². The van der Waals surface area contributed by atoms with Gasteiger partial charge in [0.15, 0.2) is 0 Å². The third-order valence-electron chi connectivity index (χ3n) is 14.2. The van der Waals surface area contributed by atoms with E-state index in [1.165, 1.54) is 21.3 Å². The first-order valence-electron chi connectivity index (χ1n) is 30.1. The van der Waals surface area contributed by atoms with E-state index >= 15 is 0 Å². The molecule has 5 rings (SSSR count). The molecule has 0 amide bonds. The predicted molar refractivity (Wildman–Crippen MR) is 322 cm³/mol. The molecule has 18 heteroatoms. The van der Waals surface area contributed by atoms with Crippen LogP contribution in [0, 0.1) is 0 Å². The Labute approximate surface area is 506 Å². The number of ether oxygens (including phenoxy) is 11. The fourth-order valence-electron chi connectivity index (χ4n) is 10.0. The largest absolute Gasteiger partial charge is 0.489 e. The molecule has 0 heterocycles. The van der Waals surface area contributed by atoms with Gasteiger partial charge in [-0.2, -0.15) is 0 Å². The SMILES string of the molecule is C=C(C)C(=O)OCCOc1c2cc(CCCC)cc1Cc1cc(CCCC)cc(c1OCCOC(=O)CC(=O)OC)Cc1cc(CCCC)cc(c1OCCOC(=O)CC(=O)OC)Cc1cc(CCCC)cc(c1OCCOC(=O)CC(=O)OC)C2. The Hall–Kier alpha value is -7.89. The zero-order valence-electron chi connectivity index (χ0n) is 51.8. The summed E-state index contributed by atoms with van der Waals surface area (Å²) >= 11 is 0. The summed E-state index contributed by atoms with van der Waals surface area (Å²) in [4.78, 5) is 87.0. The second-order valence-electron chi connectivity index (χ2n) is 21.3. The number of carbonyl (C=O) groups is 7. The molecule has 86 heavy (non-hydrogen) atoms. The number of methoxy groups -OCH3 is 3. The highest BCUT2D eigenvalue weighted by molar-refractivity contribution is 5.92. The summed E-state index contributed by atoms with van der Waals surface area (Å²) in [5.74, 6) is -2.75. The van der Waals surface area contributed by atoms with Gasteiger partial charge in [0.05, 0.1) is 21.3 Å². The first kappa shape index (κ1) is 68.9. The summed E-state index contributed by atoms with van der Waals surface area (Å²) in [6.07, 6.45) is 9.91. The number of hydrogen-bond acceptors (Lipinski definition) is 18. The average Bonchev–Trinajstić information content (AvgIpc) is 1.81. The van der Waals surface area contributed by atoms with Gasteiger partial charge in [-0.15, -0.1) is 0 Å². The summed E-state index contributed by atoms with van der Waals surface area (Å²) in [6.45, 7) is 13.2. The number of aryl methyl sites for hydroxylation is 4. The summed E-state index contributed by atoms with van der Waals surface area (Å²) in [7, 11) is 3.60. The molecule has 0 aromatic heterocycles. The number of benzene rings is 4. The predicted octanol–water partition coefficient (Wildman–Crippen LogP) is 10.7. The maximum absolute atomic E-state index is 12.8. The lowest BCUT2D eigenvalue weighted by Gasteiger charge is -2.25. The van der Waals surface area contributed by atoms with Crippen molar-refractivity contribution in [3.05, 3.63) is 127 Å². The Balaban J connectivity index is 1.88. The van der Waals surface area contributed by atoms with Crippen LogP contribution < -0.4 is 18.9 Å². The van der Waals surface area contributed by atoms with E-state index in [4.69, 9.17) is 52.1 Å². The molecule has 468 valence electrons. The summed E-state index contributed by atoms with van der Waals surface area (Å²) in [5, 5.41) is 0. The number of hydrogen-bond donors (Lipinski definition) is 0. The Morgan fingerprint density at radius 2 is 0.570 bits per heavy atom. The summed E-state index contributed by atoms with van der Waals surface area (Å²) in [5.41, 5.74) is 11.2. The molecule has 0 spiro atoms. The standard InChI is InChI=1S/C68H88O18/c1-10-14-18-46-30-50-38-52-32-47(19-15-11-2)34-54(65(52)83-26-23-80-62(73)43-59(70)77-8)40-56-36-49(21-17-13-4)37-57(67(56)85-28-29-86-68(75)45(5)6)41-55-35-48(20-16-12-3)33-53(66(55)84-27-24-81-63(74)44-60(71)78-9)39-51(31-46)64(50)82-25-22-79-61(72)42-58(69)76-7/h30-37H,5,10-29,38-44H2,1-4,6-9H3. The number of rotatable bonds is 35. The highest BCUT2D eigenvalue weighted by Crippen LogP contribution is 2.42. The Kier molecular flexibility index (Phi) is 29.5. The van der Waals surface area contributed by atoms with E-state index in [0.717, 1.165) is 144 Å². The lowest BCUT2D eigenvalue weighted by atomic mass is 9.87. The Morgan fingerprint density at radius 1 is 0.349 bits per heavy atom. The van der Waals surface area contributed by atoms with Crippen LogP contribution in [-0.4, -0.2) is 116 Å². The van der Waals surface area contributed by atoms with Crippen LogP contribution in [0.4, 0.5) is 0 Å². The van der Waals surface area contributed by atoms with Gasteiger partial charge in [0.2, 0.25) is 0 Å². The van der Waals surface area contributed by atoms with Crippen molar-refractivity contribution in [3.8, 4) is 23.0 Å². The van der Waals surface area contributed by atoms with Crippen LogP contribution >= 0.6 is 0 Å². The maximum atomic E-state index is 12.8. The highest BCUT2D eigenvalue weighted by atomic mass is 16.6. The van der Waals surface area contributed by atoms with Crippen LogP contribution in [0.25, 0.3) is 0 Å². The molecule has 0 saturated carbocycles. The van der Waals surface area contributed by atoms with Crippen LogP contribution in [0.15, 0.2) is 60.7 Å². The van der Waals surface area contributed by atoms with E-state index in [1.54, 1.807) is 6.92 Å². The molecule has 0 N–H and O–H groups in total. The molecular formula is C68H88O18. The third-order valence-corrected chi connectivity index (χ3v) is 14.2. The second kappa shape index (κ2) is 36.8. The van der Waals surface area contributed by atoms with E-state index < -0.39 is 61.0 Å². The highest BCUT2D eigenvalue weighted by Gasteiger charge is 2.26. The molecule has 0 unspecified atom stereocenters. The van der Waals surface area contributed by atoms with Crippen LogP contribution in [-0.2, 0) is 118 Å². The molecule has 4 aromatic rings. The minimum absolute atomic E-state index is 0.0137. The number of carbonyl (C=O) groups excluding carboxylic acids is 7. The summed E-state index contributed by atoms with van der Waals surface area (Å²) in [6, 6.07) is 17.3. The van der Waals surface area contributed by atoms with Crippen molar-refractivity contribution in [3.63, 3.8) is 0 Å². The molecule has 1 aliphatic rings. The lowest BCUT2D eigenvalue weighted by Crippen LogP contribution is -2.18. The lowest BCUT2D eigenvalue weighted by molar-refractivity contribution is -0.155. The van der Waals surface area contributed by atoms with Gasteiger partial charge in [0.25, 0.3) is 0 Å². The quantitative estimate of drug-likeness (QED) is 0.0121. The van der Waals surface area contributed by atoms with Gasteiger partial charge in [0, 0.05) is 31.3 Å². The van der Waals surface area contributed by atoms with Crippen molar-refractivity contribution in [2.75, 3.05) is 74.2 Å². The molecule has 8 bridgehead atoms. The number of esters is 7. The van der Waals surface area contributed by atoms with Gasteiger partial charge < -0.3 is 52.1 Å². The van der Waals surface area contributed by atoms with Gasteiger partial charge in [-0.25, -0.2) is 4.79 Å². The molecule has 18 nitrogen and oxygen atoms in total. The van der Waals surface area contributed by atoms with Crippen molar-refractivity contribution >= 4 is 41.8 Å². The van der Waals surface area contributed by atoms with Crippen LogP contribution in [0.5, 0.6) is 23.0 Å². The second-order valence-corrected chi connectivity index (χ2v) is 21.3. The fourth-order valence-corrected chi connectivity index (χ4v) is 10.0. The van der Waals surface area contributed by atoms with Crippen molar-refractivity contribution in [1.82, 2.24) is 0 Å². The van der Waals surface area contributed by atoms with Crippen molar-refractivity contribution in [2.24, 2.45) is 0 Å². The van der Waals surface area contributed by atoms with Crippen LogP contribution in [0.1, 0.15) is 172 Å². The molecule has 0 fully saturated rings. The van der Waals surface area contributed by atoms with Gasteiger partial charge >= 0.3 is 41.8 Å². The van der Waals surface area contributed by atoms with Crippen molar-refractivity contribution in [1.29, 1.82) is 0 Å². The van der Waals surface area contributed by atoms with E-state index in [0.29, 0.717) is 35.8 Å². The Bertz CT molecular complexity index is 2810. The van der Waals surface area contributed by atoms with Crippen molar-refractivity contribution < 1.29 is 85.7 Å². The van der Waals surface area contributed by atoms with E-state index in [2.05, 4.69) is 82.8 Å². The van der Waals surface area contributed by atoms with Crippen LogP contribution in [0.2, 0.25) is 0 Å². The Morgan fingerprint density at radius 3 is 0.767 bits per heavy atom. The summed E-state index contributed by atoms with van der Waals surface area (Å²) < 4.78 is 63.6. The third kappa shape index (κ3) is 22.5. The molecule has 0 radical (unpaired) electrons. The van der Waals surface area contributed by atoms with Gasteiger partial charge in [-0.05, 0) is 125 Å². The van der Waals surface area contributed by atoms with E-state index in [9.17, 15) is 33.6 Å². The maximum Gasteiger partial charge on any atom is 0.333 e. The molecule has 0 saturated heterocycles. The first-order valence-corrected chi connectivity index (χ1v) is 30.1. The van der Waals surface area contributed by atoms with Gasteiger partial charge in [0.1, 0.15) is 95.1 Å². The molecule has 0 atom stereocenters. The van der Waals surface area contributed by atoms with E-state index in [-0.39, 0.29) is 71.3 Å². The molecule has 1 aliphatic carbocycles. The molecular weight excluding hydrogens is 1100 g/mol. The zero-order chi connectivity index (χ0) is 62.4. The van der Waals surface area contributed by atoms with Gasteiger partial charge in [-0.1, -0.05) is 108 Å². The monoisotopic (exact) mass is 1190 g/mol. The minimum Gasteiger partial charge on any atom is -0.489 e. The smallest absolute Gasteiger partial charge is 0.333 e. The average molecular weight is 1190 g/mol. The van der Waals surface area contributed by atoms with E-state index in [1.807, 2.05) is 0 Å². The fraction of sp³-hybridized carbons (Fsp3) is 0.515. The number of fused-ring (bicyclic) bond motifs is 8. The minimum atomic E-state index is -0.761. The molecule has 4 aromatic carbocycles. The van der Waals surface area contributed by atoms with Gasteiger partial charge in [-0.3, -0.25) is 28.8 Å². The number of unbranched alkanes of at least 4 members (excludes halogenated alkanes) is 4. The normalized spacial score (nSPS) is 11.6. The first-order chi connectivity index (χ1) is 41.5. The topological polar surface area (TPSA) is 221 Å². The zero-order valence-corrected chi connectivity index (χ0v) is 51.8. The van der Waals surface area contributed by atoms with Crippen LogP contribution in [0.3, 0.4) is 0 Å². The molecule has 0 aliphatic heterocycles.